The van der Waals surface area contributed by atoms with E-state index < -0.39 is 46.1 Å². The maximum absolute atomic E-state index is 13.2. The number of ether oxygens (including phenoxy) is 4. The van der Waals surface area contributed by atoms with Crippen LogP contribution in [-0.4, -0.2) is 59.5 Å². The van der Waals surface area contributed by atoms with Gasteiger partial charge in [0.05, 0.1) is 25.2 Å². The Morgan fingerprint density at radius 1 is 1.07 bits per heavy atom. The Kier molecular flexibility index (Phi) is 10.7. The Balaban J connectivity index is 2.03. The number of benzene rings is 1. The van der Waals surface area contributed by atoms with Gasteiger partial charge in [0, 0.05) is 6.07 Å². The van der Waals surface area contributed by atoms with E-state index in [2.05, 4.69) is 5.32 Å². The van der Waals surface area contributed by atoms with E-state index in [1.807, 2.05) is 49.4 Å². The molecule has 0 unspecified atom stereocenters. The molecule has 238 valence electrons. The molecule has 0 saturated carbocycles. The number of nitrogens with zero attached hydrogens (tertiary/aromatic N) is 1. The highest BCUT2D eigenvalue weighted by Gasteiger charge is 2.38. The third-order valence-corrected chi connectivity index (χ3v) is 6.31. The number of nitrogens with one attached hydrogen (secondary N) is 1. The van der Waals surface area contributed by atoms with E-state index in [-0.39, 0.29) is 37.1 Å². The third kappa shape index (κ3) is 9.75. The van der Waals surface area contributed by atoms with Crippen LogP contribution in [0.15, 0.2) is 63.8 Å². The molecule has 1 aromatic carbocycles. The molecule has 2 amide bonds. The first kappa shape index (κ1) is 34.0. The van der Waals surface area contributed by atoms with Gasteiger partial charge in [-0.05, 0) is 66.5 Å². The van der Waals surface area contributed by atoms with Gasteiger partial charge in [0.25, 0.3) is 5.76 Å². The maximum atomic E-state index is 13.2. The van der Waals surface area contributed by atoms with Gasteiger partial charge < -0.3 is 28.7 Å². The van der Waals surface area contributed by atoms with Crippen LogP contribution in [0.2, 0.25) is 0 Å². The van der Waals surface area contributed by atoms with E-state index in [9.17, 15) is 19.2 Å². The summed E-state index contributed by atoms with van der Waals surface area (Å²) in [6.45, 7) is 12.4. The molecule has 3 rings (SSSR count). The van der Waals surface area contributed by atoms with Crippen molar-refractivity contribution in [1.82, 2.24) is 10.2 Å². The zero-order chi connectivity index (χ0) is 32.7. The van der Waals surface area contributed by atoms with Gasteiger partial charge in [-0.1, -0.05) is 48.6 Å². The minimum absolute atomic E-state index is 0.00180. The third-order valence-electron chi connectivity index (χ3n) is 6.31. The number of rotatable bonds is 7. The van der Waals surface area contributed by atoms with Gasteiger partial charge in [-0.25, -0.2) is 14.4 Å². The molecule has 11 heteroatoms. The van der Waals surface area contributed by atoms with Crippen molar-refractivity contribution in [3.8, 4) is 5.75 Å². The van der Waals surface area contributed by atoms with E-state index in [4.69, 9.17) is 23.4 Å². The first-order valence-corrected chi connectivity index (χ1v) is 14.3. The summed E-state index contributed by atoms with van der Waals surface area (Å²) < 4.78 is 27.5. The lowest BCUT2D eigenvalue weighted by Crippen LogP contribution is -2.57. The summed E-state index contributed by atoms with van der Waals surface area (Å²) in [5, 5.41) is 2.90. The van der Waals surface area contributed by atoms with Crippen molar-refractivity contribution in [2.75, 3.05) is 13.7 Å². The Bertz CT molecular complexity index is 1450. The number of hydrogen-bond acceptors (Lipinski definition) is 9. The second kappa shape index (κ2) is 13.8. The number of carbonyl (C=O) groups excluding carboxylic acids is 3. The Labute approximate surface area is 257 Å². The highest BCUT2D eigenvalue weighted by Crippen LogP contribution is 2.27. The first-order valence-electron chi connectivity index (χ1n) is 14.3. The molecule has 11 nitrogen and oxygen atoms in total. The molecule has 2 heterocycles. The first-order chi connectivity index (χ1) is 20.5. The summed E-state index contributed by atoms with van der Waals surface area (Å²) in [6.07, 6.45) is 5.70. The summed E-state index contributed by atoms with van der Waals surface area (Å²) in [5.41, 5.74) is -2.57. The number of alkyl carbamates (subject to hydrolysis) is 1. The van der Waals surface area contributed by atoms with Crippen LogP contribution < -0.4 is 15.5 Å². The fraction of sp³-hybridized carbons (Fsp3) is 0.455. The number of hydrogen-bond donors (Lipinski definition) is 1. The Morgan fingerprint density at radius 3 is 2.34 bits per heavy atom. The smallest absolute Gasteiger partial charge is 0.410 e. The van der Waals surface area contributed by atoms with Crippen molar-refractivity contribution in [2.24, 2.45) is 0 Å². The van der Waals surface area contributed by atoms with Crippen molar-refractivity contribution in [3.63, 3.8) is 0 Å². The van der Waals surface area contributed by atoms with Crippen LogP contribution in [-0.2, 0) is 20.8 Å². The van der Waals surface area contributed by atoms with Gasteiger partial charge in [-0.3, -0.25) is 9.69 Å². The van der Waals surface area contributed by atoms with E-state index in [0.717, 1.165) is 12.7 Å². The summed E-state index contributed by atoms with van der Waals surface area (Å²) >= 11 is 0. The molecule has 0 aliphatic carbocycles. The quantitative estimate of drug-likeness (QED) is 0.232. The fourth-order valence-electron chi connectivity index (χ4n) is 4.32. The summed E-state index contributed by atoms with van der Waals surface area (Å²) in [5.74, 6) is -1.60. The lowest BCUT2D eigenvalue weighted by Gasteiger charge is -2.37. The number of methoxy groups -OCH3 is 1. The second-order valence-electron chi connectivity index (χ2n) is 12.5. The monoisotopic (exact) mass is 610 g/mol. The number of esters is 1. The maximum Gasteiger partial charge on any atom is 0.410 e. The summed E-state index contributed by atoms with van der Waals surface area (Å²) in [4.78, 5) is 53.5. The van der Waals surface area contributed by atoms with Crippen LogP contribution in [0.4, 0.5) is 9.59 Å². The minimum atomic E-state index is -1.22. The fourth-order valence-corrected chi connectivity index (χ4v) is 4.32. The van der Waals surface area contributed by atoms with Gasteiger partial charge in [0.15, 0.2) is 0 Å². The average Bonchev–Trinajstić information content (AvgIpc) is 3.08. The van der Waals surface area contributed by atoms with Crippen LogP contribution in [0.1, 0.15) is 76.8 Å². The van der Waals surface area contributed by atoms with E-state index in [0.29, 0.717) is 0 Å². The van der Waals surface area contributed by atoms with Gasteiger partial charge in [0.1, 0.15) is 23.6 Å². The molecule has 0 spiro atoms. The van der Waals surface area contributed by atoms with Gasteiger partial charge >= 0.3 is 18.2 Å². The van der Waals surface area contributed by atoms with Crippen molar-refractivity contribution in [2.45, 2.75) is 84.3 Å². The molecule has 1 aromatic heterocycles. The molecule has 2 atom stereocenters. The van der Waals surface area contributed by atoms with E-state index >= 15 is 0 Å². The zero-order valence-corrected chi connectivity index (χ0v) is 26.6. The number of carbonyl (C=O) groups is 3. The molecular weight excluding hydrogens is 568 g/mol. The second-order valence-corrected chi connectivity index (χ2v) is 12.5. The van der Waals surface area contributed by atoms with Crippen molar-refractivity contribution in [1.29, 1.82) is 0 Å². The molecule has 0 radical (unpaired) electrons. The van der Waals surface area contributed by atoms with Gasteiger partial charge in [-0.15, -0.1) is 0 Å². The molecule has 44 heavy (non-hydrogen) atoms. The summed E-state index contributed by atoms with van der Waals surface area (Å²) in [6, 6.07) is 9.94. The predicted octanol–water partition coefficient (Wildman–Crippen LogP) is 5.87. The molecule has 1 aliphatic rings. The molecule has 2 aromatic rings. The lowest BCUT2D eigenvalue weighted by atomic mass is 9.94. The molecule has 1 aliphatic heterocycles. The Hall–Kier alpha value is -4.54. The molecule has 0 fully saturated rings. The minimum Gasteiger partial charge on any atom is -0.481 e. The van der Waals surface area contributed by atoms with Crippen molar-refractivity contribution >= 4 is 24.2 Å². The molecule has 0 bridgehead atoms. The van der Waals surface area contributed by atoms with E-state index in [1.54, 1.807) is 47.6 Å². The Morgan fingerprint density at radius 2 is 1.73 bits per heavy atom. The zero-order valence-electron chi connectivity index (χ0n) is 26.6. The van der Waals surface area contributed by atoms with Crippen molar-refractivity contribution in [3.05, 3.63) is 81.9 Å². The van der Waals surface area contributed by atoms with Gasteiger partial charge in [0.2, 0.25) is 11.2 Å². The standard InChI is InChI=1S/C33H42N2O9/c1-22-13-12-17-33(34-29(38)43-31(2,3)4,21-35(22)30(39)44-32(5,6)7)18-16-24-19-25(36)26(27(42-24)28(37)40-8)41-20-23-14-10-9-11-15-23/h9-16,18-19,22H,17,20-21H2,1-8H3,(H,34,38)/b18-16+/t22-,33+/m0/s1. The lowest BCUT2D eigenvalue weighted by molar-refractivity contribution is 0.0149. The van der Waals surface area contributed by atoms with Gasteiger partial charge in [-0.2, -0.15) is 0 Å². The SMILES string of the molecule is COC(=O)c1oc(/C=C/[C@]2(NC(=O)OC(C)(C)C)CC=C[C@H](C)N(C(=O)OC(C)(C)C)C2)cc(=O)c1OCc1ccccc1. The number of amides is 2. The molecular formula is C33H42N2O9. The predicted molar refractivity (Wildman–Crippen MR) is 164 cm³/mol. The van der Waals surface area contributed by atoms with Crippen LogP contribution in [0.5, 0.6) is 5.75 Å². The van der Waals surface area contributed by atoms with Crippen LogP contribution in [0.25, 0.3) is 6.08 Å². The van der Waals surface area contributed by atoms with Crippen LogP contribution in [0, 0.1) is 0 Å². The highest BCUT2D eigenvalue weighted by molar-refractivity contribution is 5.89. The normalized spacial score (nSPS) is 18.8. The molecule has 1 N–H and O–H groups in total. The van der Waals surface area contributed by atoms with Crippen LogP contribution in [0.3, 0.4) is 0 Å². The van der Waals surface area contributed by atoms with E-state index in [1.165, 1.54) is 17.0 Å². The average molecular weight is 611 g/mol. The molecule has 0 saturated heterocycles. The largest absolute Gasteiger partial charge is 0.481 e. The van der Waals surface area contributed by atoms with Crippen LogP contribution >= 0.6 is 0 Å². The van der Waals surface area contributed by atoms with Crippen molar-refractivity contribution < 1.29 is 37.7 Å². The summed E-state index contributed by atoms with van der Waals surface area (Å²) in [7, 11) is 1.16. The highest BCUT2D eigenvalue weighted by atomic mass is 16.6. The topological polar surface area (TPSA) is 134 Å².